The van der Waals surface area contributed by atoms with Gasteiger partial charge < -0.3 is 10.1 Å². The van der Waals surface area contributed by atoms with E-state index < -0.39 is 16.8 Å². The van der Waals surface area contributed by atoms with Crippen LogP contribution in [-0.4, -0.2) is 23.3 Å². The number of benzene rings is 1. The van der Waals surface area contributed by atoms with Gasteiger partial charge in [0.1, 0.15) is 0 Å². The Labute approximate surface area is 157 Å². The Morgan fingerprint density at radius 1 is 1.26 bits per heavy atom. The number of hydrogen-bond donors (Lipinski definition) is 1. The van der Waals surface area contributed by atoms with Crippen LogP contribution in [-0.2, 0) is 14.3 Å². The summed E-state index contributed by atoms with van der Waals surface area (Å²) in [6.45, 7) is 3.90. The van der Waals surface area contributed by atoms with Gasteiger partial charge in [-0.2, -0.15) is 0 Å². The van der Waals surface area contributed by atoms with Gasteiger partial charge in [-0.15, -0.1) is 0 Å². The van der Waals surface area contributed by atoms with Gasteiger partial charge in [-0.1, -0.05) is 19.1 Å². The second-order valence-electron chi connectivity index (χ2n) is 6.54. The van der Waals surface area contributed by atoms with Crippen LogP contribution in [0.1, 0.15) is 51.0 Å². The lowest BCUT2D eigenvalue weighted by Crippen LogP contribution is -2.35. The third-order valence-corrected chi connectivity index (χ3v) is 4.95. The van der Waals surface area contributed by atoms with Crippen molar-refractivity contribution in [1.82, 2.24) is 5.32 Å². The molecule has 0 unspecified atom stereocenters. The number of hydrogen-bond acceptors (Lipinski definition) is 6. The fourth-order valence-electron chi connectivity index (χ4n) is 3.75. The number of carbonyl (C=O) groups excluding carboxylic acids is 2. The van der Waals surface area contributed by atoms with Crippen molar-refractivity contribution in [3.8, 4) is 0 Å². The van der Waals surface area contributed by atoms with E-state index in [9.17, 15) is 19.7 Å². The maximum absolute atomic E-state index is 12.7. The monoisotopic (exact) mass is 370 g/mol. The molecular weight excluding hydrogens is 348 g/mol. The van der Waals surface area contributed by atoms with Crippen molar-refractivity contribution in [2.45, 2.75) is 45.4 Å². The molecule has 0 radical (unpaired) electrons. The molecule has 0 aromatic heterocycles. The summed E-state index contributed by atoms with van der Waals surface area (Å²) in [6, 6.07) is 6.04. The number of allylic oxidation sites excluding steroid dienone is 3. The van der Waals surface area contributed by atoms with Crippen molar-refractivity contribution in [2.24, 2.45) is 0 Å². The van der Waals surface area contributed by atoms with Crippen molar-refractivity contribution in [3.63, 3.8) is 0 Å². The van der Waals surface area contributed by atoms with Gasteiger partial charge in [0.15, 0.2) is 5.78 Å². The molecular formula is C20H22N2O5. The SMILES string of the molecule is CCOC(=O)C1=C(CC)NC2=C(C(=O)CCC2)[C@H]1c1ccc([N+](=O)[O-])cc1. The summed E-state index contributed by atoms with van der Waals surface area (Å²) in [4.78, 5) is 36.0. The lowest BCUT2D eigenvalue weighted by atomic mass is 9.75. The van der Waals surface area contributed by atoms with Crippen LogP contribution in [0.5, 0.6) is 0 Å². The average Bonchev–Trinajstić information content (AvgIpc) is 2.67. The van der Waals surface area contributed by atoms with Gasteiger partial charge in [-0.25, -0.2) is 4.79 Å². The minimum Gasteiger partial charge on any atom is -0.463 e. The average molecular weight is 370 g/mol. The summed E-state index contributed by atoms with van der Waals surface area (Å²) >= 11 is 0. The van der Waals surface area contributed by atoms with E-state index in [0.29, 0.717) is 29.6 Å². The largest absolute Gasteiger partial charge is 0.463 e. The molecule has 0 bridgehead atoms. The predicted molar refractivity (Wildman–Crippen MR) is 98.8 cm³/mol. The first kappa shape index (κ1) is 18.8. The molecule has 3 rings (SSSR count). The first-order valence-electron chi connectivity index (χ1n) is 9.15. The second-order valence-corrected chi connectivity index (χ2v) is 6.54. The number of rotatable bonds is 5. The molecule has 0 saturated heterocycles. The normalized spacial score (nSPS) is 19.5. The number of nitro benzene ring substituents is 1. The van der Waals surface area contributed by atoms with E-state index in [1.165, 1.54) is 12.1 Å². The number of non-ortho nitro benzene ring substituents is 1. The molecule has 0 amide bonds. The Bertz CT molecular complexity index is 852. The number of nitro groups is 1. The highest BCUT2D eigenvalue weighted by molar-refractivity contribution is 6.03. The molecule has 7 nitrogen and oxygen atoms in total. The van der Waals surface area contributed by atoms with Crippen molar-refractivity contribution in [2.75, 3.05) is 6.61 Å². The Hall–Kier alpha value is -2.96. The zero-order chi connectivity index (χ0) is 19.6. The third kappa shape index (κ3) is 3.49. The van der Waals surface area contributed by atoms with E-state index in [-0.39, 0.29) is 18.1 Å². The summed E-state index contributed by atoms with van der Waals surface area (Å²) in [7, 11) is 0. The van der Waals surface area contributed by atoms with E-state index >= 15 is 0 Å². The van der Waals surface area contributed by atoms with Crippen LogP contribution < -0.4 is 5.32 Å². The van der Waals surface area contributed by atoms with Gasteiger partial charge in [0.05, 0.1) is 17.1 Å². The Balaban J connectivity index is 2.16. The zero-order valence-electron chi connectivity index (χ0n) is 15.4. The Morgan fingerprint density at radius 3 is 2.56 bits per heavy atom. The number of dihydropyridines is 1. The topological polar surface area (TPSA) is 98.5 Å². The van der Waals surface area contributed by atoms with Crippen LogP contribution in [0.25, 0.3) is 0 Å². The van der Waals surface area contributed by atoms with Gasteiger partial charge in [-0.3, -0.25) is 14.9 Å². The van der Waals surface area contributed by atoms with E-state index in [1.54, 1.807) is 19.1 Å². The van der Waals surface area contributed by atoms with E-state index in [1.807, 2.05) is 6.92 Å². The molecule has 7 heteroatoms. The lowest BCUT2D eigenvalue weighted by molar-refractivity contribution is -0.384. The number of nitrogens with zero attached hydrogens (tertiary/aromatic N) is 1. The molecule has 1 heterocycles. The van der Waals surface area contributed by atoms with Crippen LogP contribution in [0.3, 0.4) is 0 Å². The molecule has 1 N–H and O–H groups in total. The molecule has 27 heavy (non-hydrogen) atoms. The first-order chi connectivity index (χ1) is 13.0. The molecule has 0 spiro atoms. The number of Topliss-reactive ketones (excluding diaryl/α,β-unsaturated/α-hetero) is 1. The summed E-state index contributed by atoms with van der Waals surface area (Å²) in [5, 5.41) is 14.3. The van der Waals surface area contributed by atoms with Crippen LogP contribution in [0.4, 0.5) is 5.69 Å². The molecule has 1 atom stereocenters. The van der Waals surface area contributed by atoms with Crippen molar-refractivity contribution >= 4 is 17.4 Å². The van der Waals surface area contributed by atoms with Gasteiger partial charge in [0.25, 0.3) is 5.69 Å². The summed E-state index contributed by atoms with van der Waals surface area (Å²) in [5.41, 5.74) is 3.23. The van der Waals surface area contributed by atoms with E-state index in [0.717, 1.165) is 24.2 Å². The number of carbonyl (C=O) groups is 2. The summed E-state index contributed by atoms with van der Waals surface area (Å²) in [6.07, 6.45) is 2.53. The van der Waals surface area contributed by atoms with Gasteiger partial charge in [0.2, 0.25) is 0 Å². The molecule has 1 aromatic rings. The quantitative estimate of drug-likeness (QED) is 0.484. The maximum atomic E-state index is 12.7. The van der Waals surface area contributed by atoms with Crippen LogP contribution in [0.15, 0.2) is 46.8 Å². The number of ketones is 1. The lowest BCUT2D eigenvalue weighted by Gasteiger charge is -2.34. The zero-order valence-corrected chi connectivity index (χ0v) is 15.4. The minimum atomic E-state index is -0.566. The maximum Gasteiger partial charge on any atom is 0.336 e. The van der Waals surface area contributed by atoms with Gasteiger partial charge >= 0.3 is 5.97 Å². The molecule has 1 aromatic carbocycles. The minimum absolute atomic E-state index is 0.00375. The standard InChI is InChI=1S/C20H22N2O5/c1-3-14-19(20(24)27-4-2)17(12-8-10-13(11-9-12)22(25)26)18-15(21-14)6-5-7-16(18)23/h8-11,17,21H,3-7H2,1-2H3/t17-/m1/s1. The molecule has 0 fully saturated rings. The molecule has 0 saturated carbocycles. The second kappa shape index (κ2) is 7.73. The summed E-state index contributed by atoms with van der Waals surface area (Å²) in [5.74, 6) is -1.02. The van der Waals surface area contributed by atoms with Gasteiger partial charge in [-0.05, 0) is 31.7 Å². The van der Waals surface area contributed by atoms with Crippen LogP contribution in [0, 0.1) is 10.1 Å². The molecule has 142 valence electrons. The Morgan fingerprint density at radius 2 is 1.96 bits per heavy atom. The predicted octanol–water partition coefficient (Wildman–Crippen LogP) is 3.52. The van der Waals surface area contributed by atoms with Gasteiger partial charge in [0, 0.05) is 41.4 Å². The van der Waals surface area contributed by atoms with E-state index in [2.05, 4.69) is 5.32 Å². The van der Waals surface area contributed by atoms with Crippen LogP contribution >= 0.6 is 0 Å². The Kier molecular flexibility index (Phi) is 5.39. The number of nitrogens with one attached hydrogen (secondary N) is 1. The molecule has 1 aliphatic heterocycles. The third-order valence-electron chi connectivity index (χ3n) is 4.95. The molecule has 1 aliphatic carbocycles. The smallest absolute Gasteiger partial charge is 0.336 e. The van der Waals surface area contributed by atoms with Crippen LogP contribution in [0.2, 0.25) is 0 Å². The number of esters is 1. The van der Waals surface area contributed by atoms with Crippen molar-refractivity contribution < 1.29 is 19.2 Å². The number of ether oxygens (including phenoxy) is 1. The summed E-state index contributed by atoms with van der Waals surface area (Å²) < 4.78 is 5.26. The fraction of sp³-hybridized carbons (Fsp3) is 0.400. The highest BCUT2D eigenvalue weighted by atomic mass is 16.6. The highest BCUT2D eigenvalue weighted by Crippen LogP contribution is 2.43. The van der Waals surface area contributed by atoms with E-state index in [4.69, 9.17) is 4.74 Å². The van der Waals surface area contributed by atoms with Crippen molar-refractivity contribution in [1.29, 1.82) is 0 Å². The molecule has 2 aliphatic rings. The van der Waals surface area contributed by atoms with Crippen molar-refractivity contribution in [3.05, 3.63) is 62.5 Å². The highest BCUT2D eigenvalue weighted by Gasteiger charge is 2.39. The first-order valence-corrected chi connectivity index (χ1v) is 9.15. The fourth-order valence-corrected chi connectivity index (χ4v) is 3.75.